The molecule has 2 amide bonds. The van der Waals surface area contributed by atoms with Crippen LogP contribution in [0.25, 0.3) is 0 Å². The number of hydrogen-bond acceptors (Lipinski definition) is 7. The normalized spacial score (nSPS) is 15.0. The van der Waals surface area contributed by atoms with Gasteiger partial charge < -0.3 is 36.8 Å². The number of aliphatic hydroxyl groups excluding tert-OH is 1. The Balaban J connectivity index is 2.83. The number of carbonyl (C=O) groups is 4. The SMILES string of the molecule is C[C@@H](O)[C@H](NC(=O)[C@@H](N)CC(=O)O)C(=O)N[C@@H](Cc1ccc(O)cc1)C(=O)O. The fourth-order valence-electron chi connectivity index (χ4n) is 2.28. The van der Waals surface area contributed by atoms with Gasteiger partial charge in [-0.3, -0.25) is 14.4 Å². The molecule has 0 aromatic heterocycles. The molecule has 8 N–H and O–H groups in total. The number of carboxylic acids is 2. The highest BCUT2D eigenvalue weighted by molar-refractivity contribution is 5.93. The third-order valence-corrected chi connectivity index (χ3v) is 3.78. The van der Waals surface area contributed by atoms with Crippen LogP contribution in [0.1, 0.15) is 18.9 Å². The first kappa shape index (κ1) is 22.9. The molecule has 11 nitrogen and oxygen atoms in total. The lowest BCUT2D eigenvalue weighted by Crippen LogP contribution is -2.58. The molecule has 1 aromatic carbocycles. The van der Waals surface area contributed by atoms with Crippen LogP contribution < -0.4 is 16.4 Å². The molecule has 0 bridgehead atoms. The first-order chi connectivity index (χ1) is 13.0. The summed E-state index contributed by atoms with van der Waals surface area (Å²) in [6.45, 7) is 1.20. The van der Waals surface area contributed by atoms with Crippen molar-refractivity contribution in [1.82, 2.24) is 10.6 Å². The molecule has 1 rings (SSSR count). The molecule has 0 aliphatic heterocycles. The van der Waals surface area contributed by atoms with E-state index in [-0.39, 0.29) is 12.2 Å². The minimum absolute atomic E-state index is 0.00533. The minimum atomic E-state index is -1.53. The van der Waals surface area contributed by atoms with Crippen LogP contribution >= 0.6 is 0 Å². The Labute approximate surface area is 160 Å². The number of carboxylic acid groups (broad SMARTS) is 2. The van der Waals surface area contributed by atoms with Gasteiger partial charge in [0.1, 0.15) is 17.8 Å². The van der Waals surface area contributed by atoms with Gasteiger partial charge in [0, 0.05) is 6.42 Å². The van der Waals surface area contributed by atoms with Crippen molar-refractivity contribution < 1.29 is 39.6 Å². The molecule has 154 valence electrons. The third kappa shape index (κ3) is 7.21. The summed E-state index contributed by atoms with van der Waals surface area (Å²) in [4.78, 5) is 46.4. The maximum Gasteiger partial charge on any atom is 0.326 e. The molecule has 4 atom stereocenters. The highest BCUT2D eigenvalue weighted by Gasteiger charge is 2.31. The smallest absolute Gasteiger partial charge is 0.326 e. The lowest BCUT2D eigenvalue weighted by Gasteiger charge is -2.24. The maximum absolute atomic E-state index is 12.4. The summed E-state index contributed by atoms with van der Waals surface area (Å²) in [7, 11) is 0. The van der Waals surface area contributed by atoms with E-state index in [0.717, 1.165) is 0 Å². The molecule has 0 aliphatic rings. The molecule has 0 saturated heterocycles. The third-order valence-electron chi connectivity index (χ3n) is 3.78. The highest BCUT2D eigenvalue weighted by atomic mass is 16.4. The molecule has 0 aliphatic carbocycles. The van der Waals surface area contributed by atoms with Crippen LogP contribution in [-0.4, -0.2) is 68.4 Å². The number of aliphatic carboxylic acids is 2. The van der Waals surface area contributed by atoms with E-state index in [1.807, 2.05) is 0 Å². The van der Waals surface area contributed by atoms with Crippen LogP contribution in [0.4, 0.5) is 0 Å². The summed E-state index contributed by atoms with van der Waals surface area (Å²) in [5.41, 5.74) is 5.93. The van der Waals surface area contributed by atoms with Crippen molar-refractivity contribution in [3.8, 4) is 5.75 Å². The van der Waals surface area contributed by atoms with Crippen molar-refractivity contribution >= 4 is 23.8 Å². The van der Waals surface area contributed by atoms with Crippen molar-refractivity contribution in [2.75, 3.05) is 0 Å². The number of hydrogen-bond donors (Lipinski definition) is 7. The molecule has 11 heteroatoms. The summed E-state index contributed by atoms with van der Waals surface area (Å²) >= 11 is 0. The van der Waals surface area contributed by atoms with Gasteiger partial charge in [0.05, 0.1) is 18.6 Å². The summed E-state index contributed by atoms with van der Waals surface area (Å²) in [6, 6.07) is 1.33. The summed E-state index contributed by atoms with van der Waals surface area (Å²) in [5, 5.41) is 41.3. The lowest BCUT2D eigenvalue weighted by atomic mass is 10.0. The fourth-order valence-corrected chi connectivity index (χ4v) is 2.28. The average Bonchev–Trinajstić information content (AvgIpc) is 2.59. The number of nitrogens with two attached hydrogens (primary N) is 1. The number of rotatable bonds is 10. The van der Waals surface area contributed by atoms with Crippen LogP contribution in [0.3, 0.4) is 0 Å². The number of carbonyl (C=O) groups excluding carboxylic acids is 2. The lowest BCUT2D eigenvalue weighted by molar-refractivity contribution is -0.143. The molecule has 0 saturated carbocycles. The molecule has 1 aromatic rings. The monoisotopic (exact) mass is 397 g/mol. The largest absolute Gasteiger partial charge is 0.508 e. The number of phenols is 1. The van der Waals surface area contributed by atoms with Gasteiger partial charge in [0.2, 0.25) is 11.8 Å². The zero-order chi connectivity index (χ0) is 21.4. The number of benzene rings is 1. The molecular weight excluding hydrogens is 374 g/mol. The number of phenolic OH excluding ortho intramolecular Hbond substituents is 1. The van der Waals surface area contributed by atoms with Gasteiger partial charge >= 0.3 is 11.9 Å². The van der Waals surface area contributed by atoms with E-state index in [0.29, 0.717) is 5.56 Å². The Bertz CT molecular complexity index is 720. The summed E-state index contributed by atoms with van der Waals surface area (Å²) in [5.74, 6) is -4.62. The first-order valence-corrected chi connectivity index (χ1v) is 8.28. The summed E-state index contributed by atoms with van der Waals surface area (Å²) in [6.07, 6.45) is -2.19. The molecule has 0 unspecified atom stereocenters. The van der Waals surface area contributed by atoms with Crippen LogP contribution in [0.5, 0.6) is 5.75 Å². The van der Waals surface area contributed by atoms with Gasteiger partial charge in [-0.05, 0) is 24.6 Å². The molecule has 0 radical (unpaired) electrons. The van der Waals surface area contributed by atoms with Crippen LogP contribution in [0, 0.1) is 0 Å². The quantitative estimate of drug-likeness (QED) is 0.237. The molecule has 28 heavy (non-hydrogen) atoms. The van der Waals surface area contributed by atoms with Gasteiger partial charge in [0.25, 0.3) is 0 Å². The topological polar surface area (TPSA) is 199 Å². The van der Waals surface area contributed by atoms with Crippen molar-refractivity contribution in [3.63, 3.8) is 0 Å². The minimum Gasteiger partial charge on any atom is -0.508 e. The van der Waals surface area contributed by atoms with Gasteiger partial charge in [-0.15, -0.1) is 0 Å². The van der Waals surface area contributed by atoms with E-state index in [4.69, 9.17) is 10.8 Å². The fraction of sp³-hybridized carbons (Fsp3) is 0.412. The Morgan fingerprint density at radius 2 is 1.61 bits per heavy atom. The van der Waals surface area contributed by atoms with Crippen molar-refractivity contribution in [1.29, 1.82) is 0 Å². The van der Waals surface area contributed by atoms with E-state index < -0.39 is 54.4 Å². The van der Waals surface area contributed by atoms with Gasteiger partial charge in [-0.1, -0.05) is 12.1 Å². The van der Waals surface area contributed by atoms with E-state index >= 15 is 0 Å². The van der Waals surface area contributed by atoms with E-state index in [1.54, 1.807) is 0 Å². The van der Waals surface area contributed by atoms with Gasteiger partial charge in [0.15, 0.2) is 0 Å². The van der Waals surface area contributed by atoms with Gasteiger partial charge in [-0.2, -0.15) is 0 Å². The van der Waals surface area contributed by atoms with Gasteiger partial charge in [-0.25, -0.2) is 4.79 Å². The van der Waals surface area contributed by atoms with Crippen LogP contribution in [0.15, 0.2) is 24.3 Å². The van der Waals surface area contributed by atoms with E-state index in [9.17, 15) is 34.5 Å². The molecule has 0 heterocycles. The Morgan fingerprint density at radius 1 is 1.04 bits per heavy atom. The second-order valence-corrected chi connectivity index (χ2v) is 6.20. The Kier molecular flexibility index (Phi) is 8.35. The van der Waals surface area contributed by atoms with Crippen LogP contribution in [0.2, 0.25) is 0 Å². The van der Waals surface area contributed by atoms with E-state index in [2.05, 4.69) is 10.6 Å². The van der Waals surface area contributed by atoms with Crippen LogP contribution in [-0.2, 0) is 25.6 Å². The average molecular weight is 397 g/mol. The number of aliphatic hydroxyl groups is 1. The molecular formula is C17H23N3O8. The maximum atomic E-state index is 12.4. The molecule has 0 spiro atoms. The van der Waals surface area contributed by atoms with E-state index in [1.165, 1.54) is 31.2 Å². The number of nitrogens with one attached hydrogen (secondary N) is 2. The second-order valence-electron chi connectivity index (χ2n) is 6.20. The molecule has 0 fully saturated rings. The Morgan fingerprint density at radius 3 is 2.07 bits per heavy atom. The predicted molar refractivity (Wildman–Crippen MR) is 95.2 cm³/mol. The summed E-state index contributed by atoms with van der Waals surface area (Å²) < 4.78 is 0. The Hall–Kier alpha value is -3.18. The van der Waals surface area contributed by atoms with Crippen molar-refractivity contribution in [2.45, 2.75) is 44.0 Å². The zero-order valence-corrected chi connectivity index (χ0v) is 15.0. The second kappa shape index (κ2) is 10.2. The first-order valence-electron chi connectivity index (χ1n) is 8.28. The number of aromatic hydroxyl groups is 1. The highest BCUT2D eigenvalue weighted by Crippen LogP contribution is 2.11. The number of amides is 2. The predicted octanol–water partition coefficient (Wildman–Crippen LogP) is -1.83. The van der Waals surface area contributed by atoms with Crippen molar-refractivity contribution in [2.24, 2.45) is 5.73 Å². The zero-order valence-electron chi connectivity index (χ0n) is 15.0. The standard InChI is InChI=1S/C17H23N3O8/c1-8(21)14(20-15(25)11(18)7-13(23)24)16(26)19-12(17(27)28)6-9-2-4-10(22)5-3-9/h2-5,8,11-12,14,21-22H,6-7,18H2,1H3,(H,19,26)(H,20,25)(H,23,24)(H,27,28)/t8-,11+,12+,14+/m1/s1. The van der Waals surface area contributed by atoms with Crippen molar-refractivity contribution in [3.05, 3.63) is 29.8 Å².